The first-order valence-corrected chi connectivity index (χ1v) is 6.57. The van der Waals surface area contributed by atoms with Gasteiger partial charge in [0.15, 0.2) is 5.82 Å². The highest BCUT2D eigenvalue weighted by molar-refractivity contribution is 7.98. The SMILES string of the molecule is CCNCc1noc(CSc2ccccc2)n1. The van der Waals surface area contributed by atoms with Crippen molar-refractivity contribution in [1.29, 1.82) is 0 Å². The molecule has 90 valence electrons. The van der Waals surface area contributed by atoms with Gasteiger partial charge in [0, 0.05) is 4.90 Å². The van der Waals surface area contributed by atoms with Crippen LogP contribution in [-0.2, 0) is 12.3 Å². The summed E-state index contributed by atoms with van der Waals surface area (Å²) in [5.74, 6) is 2.10. The Balaban J connectivity index is 1.85. The van der Waals surface area contributed by atoms with Crippen LogP contribution in [0.4, 0.5) is 0 Å². The van der Waals surface area contributed by atoms with Crippen LogP contribution in [0.25, 0.3) is 0 Å². The molecule has 1 aromatic heterocycles. The molecule has 2 aromatic rings. The minimum Gasteiger partial charge on any atom is -0.338 e. The van der Waals surface area contributed by atoms with Crippen LogP contribution in [0.2, 0.25) is 0 Å². The summed E-state index contributed by atoms with van der Waals surface area (Å²) < 4.78 is 5.16. The molecule has 0 aliphatic rings. The van der Waals surface area contributed by atoms with Crippen molar-refractivity contribution < 1.29 is 4.52 Å². The molecule has 1 aromatic carbocycles. The molecular formula is C12H15N3OS. The number of rotatable bonds is 6. The van der Waals surface area contributed by atoms with E-state index in [1.54, 1.807) is 11.8 Å². The summed E-state index contributed by atoms with van der Waals surface area (Å²) in [6.07, 6.45) is 0. The Hall–Kier alpha value is -1.33. The van der Waals surface area contributed by atoms with Gasteiger partial charge in [0.05, 0.1) is 12.3 Å². The van der Waals surface area contributed by atoms with Crippen molar-refractivity contribution in [3.8, 4) is 0 Å². The second kappa shape index (κ2) is 6.42. The van der Waals surface area contributed by atoms with E-state index in [1.807, 2.05) is 25.1 Å². The van der Waals surface area contributed by atoms with Crippen molar-refractivity contribution in [1.82, 2.24) is 15.5 Å². The monoisotopic (exact) mass is 249 g/mol. The molecule has 0 unspecified atom stereocenters. The van der Waals surface area contributed by atoms with Gasteiger partial charge in [-0.05, 0) is 18.7 Å². The molecular weight excluding hydrogens is 234 g/mol. The Labute approximate surface area is 105 Å². The Morgan fingerprint density at radius 2 is 2.12 bits per heavy atom. The van der Waals surface area contributed by atoms with E-state index in [0.29, 0.717) is 18.2 Å². The highest BCUT2D eigenvalue weighted by atomic mass is 32.2. The van der Waals surface area contributed by atoms with Gasteiger partial charge in [-0.1, -0.05) is 30.3 Å². The van der Waals surface area contributed by atoms with E-state index in [2.05, 4.69) is 27.6 Å². The van der Waals surface area contributed by atoms with E-state index >= 15 is 0 Å². The van der Waals surface area contributed by atoms with Crippen molar-refractivity contribution in [3.05, 3.63) is 42.0 Å². The van der Waals surface area contributed by atoms with Crippen molar-refractivity contribution in [3.63, 3.8) is 0 Å². The predicted octanol–water partition coefficient (Wildman–Crippen LogP) is 2.47. The summed E-state index contributed by atoms with van der Waals surface area (Å²) in [4.78, 5) is 5.51. The molecule has 17 heavy (non-hydrogen) atoms. The highest BCUT2D eigenvalue weighted by Crippen LogP contribution is 2.21. The Morgan fingerprint density at radius 3 is 2.88 bits per heavy atom. The fourth-order valence-corrected chi connectivity index (χ4v) is 2.08. The molecule has 0 fully saturated rings. The summed E-state index contributed by atoms with van der Waals surface area (Å²) in [6.45, 7) is 3.62. The third kappa shape index (κ3) is 3.87. The fraction of sp³-hybridized carbons (Fsp3) is 0.333. The smallest absolute Gasteiger partial charge is 0.237 e. The minimum atomic E-state index is 0.663. The molecule has 5 heteroatoms. The van der Waals surface area contributed by atoms with E-state index in [4.69, 9.17) is 4.52 Å². The molecule has 4 nitrogen and oxygen atoms in total. The van der Waals surface area contributed by atoms with Crippen molar-refractivity contribution in [2.24, 2.45) is 0 Å². The Morgan fingerprint density at radius 1 is 1.29 bits per heavy atom. The molecule has 0 saturated heterocycles. The standard InChI is InChI=1S/C12H15N3OS/c1-2-13-8-11-14-12(16-15-11)9-17-10-6-4-3-5-7-10/h3-7,13H,2,8-9H2,1H3. The number of benzene rings is 1. The van der Waals surface area contributed by atoms with Crippen LogP contribution in [0.3, 0.4) is 0 Å². The van der Waals surface area contributed by atoms with Gasteiger partial charge in [0.1, 0.15) is 0 Å². The number of hydrogen-bond donors (Lipinski definition) is 1. The van der Waals surface area contributed by atoms with E-state index in [1.165, 1.54) is 4.90 Å². The molecule has 0 bridgehead atoms. The Kier molecular flexibility index (Phi) is 4.58. The summed E-state index contributed by atoms with van der Waals surface area (Å²) in [5, 5.41) is 7.06. The van der Waals surface area contributed by atoms with Crippen molar-refractivity contribution >= 4 is 11.8 Å². The molecule has 0 aliphatic carbocycles. The van der Waals surface area contributed by atoms with E-state index in [0.717, 1.165) is 12.4 Å². The molecule has 0 atom stereocenters. The summed E-state index contributed by atoms with van der Waals surface area (Å²) in [6, 6.07) is 10.2. The van der Waals surface area contributed by atoms with Crippen LogP contribution >= 0.6 is 11.8 Å². The van der Waals surface area contributed by atoms with Crippen LogP contribution in [0.5, 0.6) is 0 Å². The third-order valence-electron chi connectivity index (χ3n) is 2.15. The van der Waals surface area contributed by atoms with Crippen LogP contribution < -0.4 is 5.32 Å². The first-order valence-electron chi connectivity index (χ1n) is 5.58. The lowest BCUT2D eigenvalue weighted by molar-refractivity contribution is 0.383. The lowest BCUT2D eigenvalue weighted by atomic mass is 10.4. The number of hydrogen-bond acceptors (Lipinski definition) is 5. The zero-order valence-electron chi connectivity index (χ0n) is 9.72. The molecule has 1 N–H and O–H groups in total. The molecule has 0 amide bonds. The lowest BCUT2D eigenvalue weighted by Gasteiger charge is -1.96. The van der Waals surface area contributed by atoms with Gasteiger partial charge in [-0.3, -0.25) is 0 Å². The number of aromatic nitrogens is 2. The normalized spacial score (nSPS) is 10.6. The van der Waals surface area contributed by atoms with Gasteiger partial charge in [-0.25, -0.2) is 0 Å². The third-order valence-corrected chi connectivity index (χ3v) is 3.15. The summed E-state index contributed by atoms with van der Waals surface area (Å²) >= 11 is 1.69. The van der Waals surface area contributed by atoms with Crippen LogP contribution in [0, 0.1) is 0 Å². The largest absolute Gasteiger partial charge is 0.338 e. The minimum absolute atomic E-state index is 0.663. The van der Waals surface area contributed by atoms with Crippen molar-refractivity contribution in [2.45, 2.75) is 24.1 Å². The fourth-order valence-electron chi connectivity index (χ4n) is 1.32. The zero-order valence-corrected chi connectivity index (χ0v) is 10.5. The van der Waals surface area contributed by atoms with Gasteiger partial charge in [-0.2, -0.15) is 4.98 Å². The number of nitrogens with one attached hydrogen (secondary N) is 1. The summed E-state index contributed by atoms with van der Waals surface area (Å²) in [5.41, 5.74) is 0. The quantitative estimate of drug-likeness (QED) is 0.797. The first kappa shape index (κ1) is 12.1. The molecule has 1 heterocycles. The van der Waals surface area contributed by atoms with Crippen LogP contribution in [-0.4, -0.2) is 16.7 Å². The predicted molar refractivity (Wildman–Crippen MR) is 67.7 cm³/mol. The molecule has 2 rings (SSSR count). The van der Waals surface area contributed by atoms with Gasteiger partial charge in [0.2, 0.25) is 5.89 Å². The van der Waals surface area contributed by atoms with Crippen LogP contribution in [0.1, 0.15) is 18.6 Å². The van der Waals surface area contributed by atoms with Gasteiger partial charge < -0.3 is 9.84 Å². The maximum atomic E-state index is 5.16. The molecule has 0 aliphatic heterocycles. The van der Waals surface area contributed by atoms with E-state index < -0.39 is 0 Å². The number of thioether (sulfide) groups is 1. The highest BCUT2D eigenvalue weighted by Gasteiger charge is 2.05. The topological polar surface area (TPSA) is 51.0 Å². The average molecular weight is 249 g/mol. The molecule has 0 saturated carbocycles. The van der Waals surface area contributed by atoms with E-state index in [-0.39, 0.29) is 0 Å². The van der Waals surface area contributed by atoms with Gasteiger partial charge in [0.25, 0.3) is 0 Å². The second-order valence-electron chi connectivity index (χ2n) is 3.49. The number of nitrogens with zero attached hydrogens (tertiary/aromatic N) is 2. The maximum Gasteiger partial charge on any atom is 0.237 e. The summed E-state index contributed by atoms with van der Waals surface area (Å²) in [7, 11) is 0. The van der Waals surface area contributed by atoms with E-state index in [9.17, 15) is 0 Å². The lowest BCUT2D eigenvalue weighted by Crippen LogP contribution is -2.12. The first-order chi connectivity index (χ1) is 8.38. The maximum absolute atomic E-state index is 5.16. The second-order valence-corrected chi connectivity index (χ2v) is 4.54. The van der Waals surface area contributed by atoms with Crippen LogP contribution in [0.15, 0.2) is 39.8 Å². The van der Waals surface area contributed by atoms with Crippen molar-refractivity contribution in [2.75, 3.05) is 6.54 Å². The zero-order chi connectivity index (χ0) is 11.9. The molecule has 0 spiro atoms. The molecule has 0 radical (unpaired) electrons. The van der Waals surface area contributed by atoms with Gasteiger partial charge in [-0.15, -0.1) is 11.8 Å². The average Bonchev–Trinajstić information content (AvgIpc) is 2.83. The van der Waals surface area contributed by atoms with Gasteiger partial charge >= 0.3 is 0 Å². The Bertz CT molecular complexity index is 444.